The Balaban J connectivity index is 1.73. The van der Waals surface area contributed by atoms with Crippen LogP contribution in [0.5, 0.6) is 11.5 Å². The van der Waals surface area contributed by atoms with E-state index in [4.69, 9.17) is 32.7 Å². The maximum Gasteiger partial charge on any atom is 0.416 e. The zero-order valence-corrected chi connectivity index (χ0v) is 21.8. The van der Waals surface area contributed by atoms with Crippen LogP contribution < -0.4 is 14.9 Å². The Labute approximate surface area is 223 Å². The molecule has 0 saturated heterocycles. The summed E-state index contributed by atoms with van der Waals surface area (Å²) in [5.41, 5.74) is 2.57. The van der Waals surface area contributed by atoms with Crippen LogP contribution in [-0.2, 0) is 12.8 Å². The number of nitrogens with one attached hydrogen (secondary N) is 1. The van der Waals surface area contributed by atoms with E-state index < -0.39 is 17.6 Å². The molecule has 0 aliphatic heterocycles. The van der Waals surface area contributed by atoms with Gasteiger partial charge in [-0.1, -0.05) is 35.3 Å². The monoisotopic (exact) mass is 636 g/mol. The van der Waals surface area contributed by atoms with Gasteiger partial charge in [0.25, 0.3) is 5.91 Å². The molecule has 0 aliphatic carbocycles. The van der Waals surface area contributed by atoms with Crippen LogP contribution in [0, 0.1) is 3.57 Å². The first-order valence-corrected chi connectivity index (χ1v) is 12.0. The minimum Gasteiger partial charge on any atom is -0.490 e. The fraction of sp³-hybridized carbons (Fsp3) is 0.167. The van der Waals surface area contributed by atoms with E-state index in [1.54, 1.807) is 30.3 Å². The molecule has 0 heterocycles. The molecule has 0 atom stereocenters. The van der Waals surface area contributed by atoms with Gasteiger partial charge in [0.15, 0.2) is 11.5 Å². The van der Waals surface area contributed by atoms with Gasteiger partial charge in [0.2, 0.25) is 0 Å². The molecule has 0 fully saturated rings. The zero-order chi connectivity index (χ0) is 25.6. The molecule has 184 valence electrons. The van der Waals surface area contributed by atoms with Crippen LogP contribution in [0.3, 0.4) is 0 Å². The third-order valence-electron chi connectivity index (χ3n) is 4.53. The summed E-state index contributed by atoms with van der Waals surface area (Å²) < 4.78 is 51.0. The van der Waals surface area contributed by atoms with Crippen molar-refractivity contribution in [1.29, 1.82) is 0 Å². The Morgan fingerprint density at radius 3 is 2.54 bits per heavy atom. The first-order chi connectivity index (χ1) is 16.6. The predicted octanol–water partition coefficient (Wildman–Crippen LogP) is 7.36. The van der Waals surface area contributed by atoms with E-state index in [1.165, 1.54) is 12.3 Å². The van der Waals surface area contributed by atoms with E-state index in [2.05, 4.69) is 33.1 Å². The normalized spacial score (nSPS) is 11.5. The number of benzene rings is 3. The molecule has 0 bridgehead atoms. The van der Waals surface area contributed by atoms with Crippen LogP contribution in [0.25, 0.3) is 0 Å². The van der Waals surface area contributed by atoms with E-state index in [9.17, 15) is 18.0 Å². The minimum absolute atomic E-state index is 0.160. The smallest absolute Gasteiger partial charge is 0.416 e. The Hall–Kier alpha value is -2.50. The maximum atomic E-state index is 12.9. The van der Waals surface area contributed by atoms with Crippen LogP contribution in [0.1, 0.15) is 34.0 Å². The summed E-state index contributed by atoms with van der Waals surface area (Å²) in [4.78, 5) is 12.2. The molecule has 0 unspecified atom stereocenters. The van der Waals surface area contributed by atoms with Crippen molar-refractivity contribution >= 4 is 57.9 Å². The first-order valence-electron chi connectivity index (χ1n) is 10.1. The number of hydrogen-bond donors (Lipinski definition) is 1. The van der Waals surface area contributed by atoms with Crippen molar-refractivity contribution in [3.05, 3.63) is 90.5 Å². The van der Waals surface area contributed by atoms with Crippen LogP contribution in [-0.4, -0.2) is 18.7 Å². The SMILES string of the molecule is CCOc1cc(/C=N\NC(=O)c2cccc(C(F)(F)F)c2)cc(I)c1OCc1ccc(Cl)c(Cl)c1. The zero-order valence-electron chi connectivity index (χ0n) is 18.1. The van der Waals surface area contributed by atoms with E-state index in [0.29, 0.717) is 33.7 Å². The summed E-state index contributed by atoms with van der Waals surface area (Å²) in [7, 11) is 0. The van der Waals surface area contributed by atoms with E-state index in [1.807, 2.05) is 6.92 Å². The van der Waals surface area contributed by atoms with Gasteiger partial charge in [0.1, 0.15) is 6.61 Å². The van der Waals surface area contributed by atoms with Crippen molar-refractivity contribution in [3.63, 3.8) is 0 Å². The second-order valence-electron chi connectivity index (χ2n) is 7.08. The van der Waals surface area contributed by atoms with E-state index in [-0.39, 0.29) is 12.2 Å². The third kappa shape index (κ3) is 7.49. The predicted molar refractivity (Wildman–Crippen MR) is 138 cm³/mol. The molecule has 1 amide bonds. The van der Waals surface area contributed by atoms with Crippen molar-refractivity contribution in [2.24, 2.45) is 5.10 Å². The molecule has 5 nitrogen and oxygen atoms in total. The molecular weight excluding hydrogens is 619 g/mol. The Kier molecular flexibility index (Phi) is 9.26. The van der Waals surface area contributed by atoms with Gasteiger partial charge in [-0.15, -0.1) is 0 Å². The van der Waals surface area contributed by atoms with Crippen LogP contribution in [0.2, 0.25) is 10.0 Å². The molecule has 35 heavy (non-hydrogen) atoms. The lowest BCUT2D eigenvalue weighted by Gasteiger charge is -2.15. The van der Waals surface area contributed by atoms with Crippen molar-refractivity contribution in [2.75, 3.05) is 6.61 Å². The van der Waals surface area contributed by atoms with Crippen molar-refractivity contribution in [2.45, 2.75) is 19.7 Å². The van der Waals surface area contributed by atoms with Gasteiger partial charge in [-0.05, 0) is 83.1 Å². The maximum absolute atomic E-state index is 12.9. The summed E-state index contributed by atoms with van der Waals surface area (Å²) in [6.45, 7) is 2.44. The largest absolute Gasteiger partial charge is 0.490 e. The summed E-state index contributed by atoms with van der Waals surface area (Å²) in [5, 5.41) is 4.73. The van der Waals surface area contributed by atoms with Crippen LogP contribution in [0.15, 0.2) is 59.7 Å². The van der Waals surface area contributed by atoms with Gasteiger partial charge in [-0.25, -0.2) is 5.43 Å². The number of hydrogen-bond acceptors (Lipinski definition) is 4. The third-order valence-corrected chi connectivity index (χ3v) is 6.07. The topological polar surface area (TPSA) is 59.9 Å². The number of carbonyl (C=O) groups is 1. The molecule has 0 aromatic heterocycles. The number of ether oxygens (including phenoxy) is 2. The summed E-state index contributed by atoms with van der Waals surface area (Å²) in [6, 6.07) is 12.7. The quantitative estimate of drug-likeness (QED) is 0.160. The number of alkyl halides is 3. The van der Waals surface area contributed by atoms with Crippen molar-refractivity contribution < 1.29 is 27.4 Å². The molecule has 0 radical (unpaired) electrons. The Bertz CT molecular complexity index is 1250. The number of hydrazone groups is 1. The highest BCUT2D eigenvalue weighted by Crippen LogP contribution is 2.35. The minimum atomic E-state index is -4.55. The summed E-state index contributed by atoms with van der Waals surface area (Å²) in [6.07, 6.45) is -3.19. The van der Waals surface area contributed by atoms with E-state index in [0.717, 1.165) is 27.3 Å². The first kappa shape index (κ1) is 27.1. The lowest BCUT2D eigenvalue weighted by atomic mass is 10.1. The molecule has 0 spiro atoms. The Morgan fingerprint density at radius 2 is 1.86 bits per heavy atom. The Morgan fingerprint density at radius 1 is 1.09 bits per heavy atom. The number of carbonyl (C=O) groups excluding carboxylic acids is 1. The van der Waals surface area contributed by atoms with Gasteiger partial charge in [0.05, 0.1) is 32.0 Å². The summed E-state index contributed by atoms with van der Waals surface area (Å²) >= 11 is 14.1. The molecule has 3 aromatic rings. The average molecular weight is 637 g/mol. The highest BCUT2D eigenvalue weighted by Gasteiger charge is 2.30. The molecule has 1 N–H and O–H groups in total. The molecule has 0 saturated carbocycles. The number of rotatable bonds is 8. The number of halogens is 6. The molecule has 0 aliphatic rings. The fourth-order valence-corrected chi connectivity index (χ4v) is 4.02. The van der Waals surface area contributed by atoms with Gasteiger partial charge in [-0.2, -0.15) is 18.3 Å². The molecule has 3 aromatic carbocycles. The van der Waals surface area contributed by atoms with Crippen molar-refractivity contribution in [3.8, 4) is 11.5 Å². The second kappa shape index (κ2) is 12.0. The van der Waals surface area contributed by atoms with Gasteiger partial charge >= 0.3 is 6.18 Å². The number of amides is 1. The standard InChI is InChI=1S/C24H18Cl2F3IN2O3/c1-2-34-21-10-15(9-20(30)22(21)35-13-14-6-7-18(25)19(26)8-14)12-31-32-23(33)16-4-3-5-17(11-16)24(27,28)29/h3-12H,2,13H2,1H3,(H,32,33)/b31-12-. The van der Waals surface area contributed by atoms with Crippen LogP contribution in [0.4, 0.5) is 13.2 Å². The molecule has 3 rings (SSSR count). The average Bonchev–Trinajstić information content (AvgIpc) is 2.80. The highest BCUT2D eigenvalue weighted by molar-refractivity contribution is 14.1. The number of nitrogens with zero attached hydrogens (tertiary/aromatic N) is 1. The summed E-state index contributed by atoms with van der Waals surface area (Å²) in [5.74, 6) is 0.211. The van der Waals surface area contributed by atoms with Gasteiger partial charge in [-0.3, -0.25) is 4.79 Å². The second-order valence-corrected chi connectivity index (χ2v) is 9.05. The molecule has 11 heteroatoms. The lowest BCUT2D eigenvalue weighted by molar-refractivity contribution is -0.137. The highest BCUT2D eigenvalue weighted by atomic mass is 127. The lowest BCUT2D eigenvalue weighted by Crippen LogP contribution is -2.18. The van der Waals surface area contributed by atoms with E-state index >= 15 is 0 Å². The van der Waals surface area contributed by atoms with Crippen molar-refractivity contribution in [1.82, 2.24) is 5.43 Å². The van der Waals surface area contributed by atoms with Crippen LogP contribution >= 0.6 is 45.8 Å². The van der Waals surface area contributed by atoms with Gasteiger partial charge < -0.3 is 9.47 Å². The fourth-order valence-electron chi connectivity index (χ4n) is 2.92. The molecular formula is C24H18Cl2F3IN2O3. The van der Waals surface area contributed by atoms with Gasteiger partial charge in [0, 0.05) is 5.56 Å².